The number of carboxylic acids is 1. The number of amides is 2. The molecule has 0 aliphatic rings. The van der Waals surface area contributed by atoms with Gasteiger partial charge in [-0.3, -0.25) is 0 Å². The molecular formula is C15H21ClN2O3. The van der Waals surface area contributed by atoms with E-state index in [0.717, 1.165) is 12.8 Å². The summed E-state index contributed by atoms with van der Waals surface area (Å²) < 4.78 is 0. The quantitative estimate of drug-likeness (QED) is 0.743. The Kier molecular flexibility index (Phi) is 6.49. The normalized spacial score (nSPS) is 12.0. The zero-order valence-corrected chi connectivity index (χ0v) is 13.2. The first-order valence-corrected chi connectivity index (χ1v) is 7.27. The Labute approximate surface area is 129 Å². The molecule has 0 saturated heterocycles. The van der Waals surface area contributed by atoms with Crippen LogP contribution in [0.25, 0.3) is 0 Å². The number of urea groups is 1. The van der Waals surface area contributed by atoms with Crippen LogP contribution in [0.4, 0.5) is 10.5 Å². The van der Waals surface area contributed by atoms with Crippen LogP contribution in [0.15, 0.2) is 18.2 Å². The van der Waals surface area contributed by atoms with Crippen LogP contribution in [-0.2, 0) is 0 Å². The van der Waals surface area contributed by atoms with Gasteiger partial charge in [0.2, 0.25) is 0 Å². The molecule has 1 rings (SSSR count). The van der Waals surface area contributed by atoms with Crippen LogP contribution < -0.4 is 10.6 Å². The van der Waals surface area contributed by atoms with Gasteiger partial charge in [-0.05, 0) is 43.9 Å². The highest BCUT2D eigenvalue weighted by molar-refractivity contribution is 6.33. The van der Waals surface area contributed by atoms with Crippen LogP contribution >= 0.6 is 11.6 Å². The van der Waals surface area contributed by atoms with Gasteiger partial charge in [0.05, 0.1) is 10.6 Å². The lowest BCUT2D eigenvalue weighted by Crippen LogP contribution is -2.36. The van der Waals surface area contributed by atoms with Crippen molar-refractivity contribution in [2.45, 2.75) is 39.7 Å². The first-order valence-electron chi connectivity index (χ1n) is 6.90. The van der Waals surface area contributed by atoms with E-state index in [-0.39, 0.29) is 22.7 Å². The van der Waals surface area contributed by atoms with Crippen molar-refractivity contribution in [3.63, 3.8) is 0 Å². The largest absolute Gasteiger partial charge is 0.478 e. The minimum Gasteiger partial charge on any atom is -0.478 e. The number of rotatable bonds is 6. The molecule has 2 amide bonds. The summed E-state index contributed by atoms with van der Waals surface area (Å²) in [6.07, 6.45) is 1.95. The highest BCUT2D eigenvalue weighted by atomic mass is 35.5. The summed E-state index contributed by atoms with van der Waals surface area (Å²) in [5.41, 5.74) is 0.464. The molecule has 0 heterocycles. The van der Waals surface area contributed by atoms with Crippen LogP contribution in [0.2, 0.25) is 5.02 Å². The van der Waals surface area contributed by atoms with Crippen LogP contribution in [0, 0.1) is 5.92 Å². The Balaban J connectivity index is 2.55. The Hall–Kier alpha value is -1.75. The van der Waals surface area contributed by atoms with Gasteiger partial charge in [-0.2, -0.15) is 0 Å². The summed E-state index contributed by atoms with van der Waals surface area (Å²) in [6, 6.07) is 4.03. The van der Waals surface area contributed by atoms with Crippen LogP contribution in [0.1, 0.15) is 44.0 Å². The molecule has 5 nitrogen and oxygen atoms in total. The molecule has 0 aliphatic carbocycles. The van der Waals surface area contributed by atoms with E-state index >= 15 is 0 Å². The van der Waals surface area contributed by atoms with Crippen molar-refractivity contribution in [1.82, 2.24) is 5.32 Å². The van der Waals surface area contributed by atoms with Crippen LogP contribution in [0.3, 0.4) is 0 Å². The third-order valence-corrected chi connectivity index (χ3v) is 3.32. The SMILES string of the molecule is CC(C)CCC(C)NC(=O)Nc1ccc(C(=O)O)c(Cl)c1. The summed E-state index contributed by atoms with van der Waals surface area (Å²) >= 11 is 5.85. The Morgan fingerprint density at radius 3 is 2.43 bits per heavy atom. The van der Waals surface area contributed by atoms with Crippen molar-refractivity contribution >= 4 is 29.3 Å². The highest BCUT2D eigenvalue weighted by Gasteiger charge is 2.11. The number of halogens is 1. The number of benzene rings is 1. The van der Waals surface area contributed by atoms with Gasteiger partial charge in [0.25, 0.3) is 0 Å². The van der Waals surface area contributed by atoms with Crippen molar-refractivity contribution in [1.29, 1.82) is 0 Å². The lowest BCUT2D eigenvalue weighted by molar-refractivity contribution is 0.0697. The van der Waals surface area contributed by atoms with Gasteiger partial charge in [0.1, 0.15) is 0 Å². The topological polar surface area (TPSA) is 78.4 Å². The lowest BCUT2D eigenvalue weighted by atomic mass is 10.0. The van der Waals surface area contributed by atoms with Gasteiger partial charge < -0.3 is 15.7 Å². The number of aromatic carboxylic acids is 1. The number of hydrogen-bond donors (Lipinski definition) is 3. The molecule has 1 atom stereocenters. The number of carbonyl (C=O) groups is 2. The molecule has 6 heteroatoms. The predicted molar refractivity (Wildman–Crippen MR) is 84.1 cm³/mol. The number of nitrogens with one attached hydrogen (secondary N) is 2. The number of anilines is 1. The summed E-state index contributed by atoms with van der Waals surface area (Å²) in [5.74, 6) is -0.502. The third-order valence-electron chi connectivity index (χ3n) is 3.01. The predicted octanol–water partition coefficient (Wildman–Crippen LogP) is 3.98. The van der Waals surface area contributed by atoms with Gasteiger partial charge in [0.15, 0.2) is 0 Å². The van der Waals surface area contributed by atoms with Crippen molar-refractivity contribution in [2.24, 2.45) is 5.92 Å². The van der Waals surface area contributed by atoms with Gasteiger partial charge in [0, 0.05) is 11.7 Å². The number of carboxylic acid groups (broad SMARTS) is 1. The van der Waals surface area contributed by atoms with Gasteiger partial charge in [-0.15, -0.1) is 0 Å². The molecule has 21 heavy (non-hydrogen) atoms. The smallest absolute Gasteiger partial charge is 0.337 e. The Morgan fingerprint density at radius 1 is 1.24 bits per heavy atom. The molecule has 0 fully saturated rings. The fraction of sp³-hybridized carbons (Fsp3) is 0.467. The molecule has 0 saturated carbocycles. The first kappa shape index (κ1) is 17.3. The maximum Gasteiger partial charge on any atom is 0.337 e. The van der Waals surface area contributed by atoms with E-state index in [0.29, 0.717) is 11.6 Å². The minimum atomic E-state index is -1.10. The van der Waals surface area contributed by atoms with E-state index in [9.17, 15) is 9.59 Å². The monoisotopic (exact) mass is 312 g/mol. The fourth-order valence-electron chi connectivity index (χ4n) is 1.81. The second kappa shape index (κ2) is 7.88. The summed E-state index contributed by atoms with van der Waals surface area (Å²) in [5, 5.41) is 14.4. The average Bonchev–Trinajstić information content (AvgIpc) is 2.35. The molecular weight excluding hydrogens is 292 g/mol. The van der Waals surface area contributed by atoms with Crippen molar-refractivity contribution in [2.75, 3.05) is 5.32 Å². The number of carbonyl (C=O) groups excluding carboxylic acids is 1. The van der Waals surface area contributed by atoms with Crippen molar-refractivity contribution in [3.8, 4) is 0 Å². The summed E-state index contributed by atoms with van der Waals surface area (Å²) in [7, 11) is 0. The van der Waals surface area contributed by atoms with Crippen molar-refractivity contribution < 1.29 is 14.7 Å². The van der Waals surface area contributed by atoms with E-state index in [4.69, 9.17) is 16.7 Å². The zero-order chi connectivity index (χ0) is 16.0. The molecule has 0 aromatic heterocycles. The van der Waals surface area contributed by atoms with E-state index in [2.05, 4.69) is 24.5 Å². The number of hydrogen-bond acceptors (Lipinski definition) is 2. The van der Waals surface area contributed by atoms with E-state index in [1.807, 2.05) is 6.92 Å². The molecule has 116 valence electrons. The highest BCUT2D eigenvalue weighted by Crippen LogP contribution is 2.21. The molecule has 1 aromatic rings. The molecule has 0 radical (unpaired) electrons. The lowest BCUT2D eigenvalue weighted by Gasteiger charge is -2.16. The zero-order valence-electron chi connectivity index (χ0n) is 12.4. The molecule has 0 aliphatic heterocycles. The Bertz CT molecular complexity index is 518. The van der Waals surface area contributed by atoms with Gasteiger partial charge in [-0.25, -0.2) is 9.59 Å². The molecule has 0 bridgehead atoms. The van der Waals surface area contributed by atoms with Gasteiger partial charge in [-0.1, -0.05) is 25.4 Å². The maximum atomic E-state index is 11.8. The summed E-state index contributed by atoms with van der Waals surface area (Å²) in [6.45, 7) is 6.22. The fourth-order valence-corrected chi connectivity index (χ4v) is 2.07. The van der Waals surface area contributed by atoms with E-state index in [1.165, 1.54) is 18.2 Å². The second-order valence-corrected chi connectivity index (χ2v) is 5.88. The van der Waals surface area contributed by atoms with E-state index < -0.39 is 5.97 Å². The first-order chi connectivity index (χ1) is 9.79. The third kappa shape index (κ3) is 6.04. The molecule has 3 N–H and O–H groups in total. The van der Waals surface area contributed by atoms with E-state index in [1.54, 1.807) is 0 Å². The van der Waals surface area contributed by atoms with Crippen molar-refractivity contribution in [3.05, 3.63) is 28.8 Å². The summed E-state index contributed by atoms with van der Waals surface area (Å²) in [4.78, 5) is 22.7. The Morgan fingerprint density at radius 2 is 1.90 bits per heavy atom. The van der Waals surface area contributed by atoms with Crippen LogP contribution in [-0.4, -0.2) is 23.1 Å². The minimum absolute atomic E-state index is 0.00734. The van der Waals surface area contributed by atoms with Crippen LogP contribution in [0.5, 0.6) is 0 Å². The van der Waals surface area contributed by atoms with Gasteiger partial charge >= 0.3 is 12.0 Å². The molecule has 0 spiro atoms. The maximum absolute atomic E-state index is 11.8. The average molecular weight is 313 g/mol. The molecule has 1 aromatic carbocycles. The standard InChI is InChI=1S/C15H21ClN2O3/c1-9(2)4-5-10(3)17-15(21)18-11-6-7-12(14(19)20)13(16)8-11/h6-10H,4-5H2,1-3H3,(H,19,20)(H2,17,18,21). The molecule has 1 unspecified atom stereocenters. The second-order valence-electron chi connectivity index (χ2n) is 5.47.